The molecule has 122 valence electrons. The van der Waals surface area contributed by atoms with Crippen molar-refractivity contribution in [1.29, 1.82) is 0 Å². The lowest BCUT2D eigenvalue weighted by Gasteiger charge is -2.22. The molecule has 1 aliphatic carbocycles. The number of hydrogen-bond donors (Lipinski definition) is 0. The van der Waals surface area contributed by atoms with Crippen LogP contribution in [0.3, 0.4) is 0 Å². The Morgan fingerprint density at radius 2 is 2.09 bits per heavy atom. The lowest BCUT2D eigenvalue weighted by molar-refractivity contribution is -0.119. The zero-order valence-corrected chi connectivity index (χ0v) is 14.8. The SMILES string of the molecule is CC(C)n1c(S[C@@H]2CCCCC2=O)nc2cc(Cl)ccc2c1=O. The second-order valence-electron chi connectivity index (χ2n) is 6.14. The molecule has 1 heterocycles. The Morgan fingerprint density at radius 3 is 2.78 bits per heavy atom. The van der Waals surface area contributed by atoms with E-state index in [0.717, 1.165) is 19.3 Å². The van der Waals surface area contributed by atoms with Crippen molar-refractivity contribution in [3.8, 4) is 0 Å². The first-order valence-electron chi connectivity index (χ1n) is 7.88. The summed E-state index contributed by atoms with van der Waals surface area (Å²) in [6.07, 6.45) is 3.50. The number of nitrogens with zero attached hydrogens (tertiary/aromatic N) is 2. The number of rotatable bonds is 3. The van der Waals surface area contributed by atoms with E-state index in [1.807, 2.05) is 13.8 Å². The molecule has 1 aromatic heterocycles. The summed E-state index contributed by atoms with van der Waals surface area (Å²) in [5.41, 5.74) is 0.512. The molecule has 1 aliphatic rings. The van der Waals surface area contributed by atoms with E-state index >= 15 is 0 Å². The van der Waals surface area contributed by atoms with Gasteiger partial charge in [0.15, 0.2) is 5.16 Å². The van der Waals surface area contributed by atoms with Crippen molar-refractivity contribution in [3.63, 3.8) is 0 Å². The van der Waals surface area contributed by atoms with Gasteiger partial charge in [0.25, 0.3) is 5.56 Å². The zero-order valence-electron chi connectivity index (χ0n) is 13.2. The van der Waals surface area contributed by atoms with E-state index in [1.54, 1.807) is 22.8 Å². The summed E-state index contributed by atoms with van der Waals surface area (Å²) in [6, 6.07) is 5.10. The van der Waals surface area contributed by atoms with Gasteiger partial charge < -0.3 is 0 Å². The Labute approximate surface area is 144 Å². The van der Waals surface area contributed by atoms with Crippen LogP contribution in [-0.4, -0.2) is 20.6 Å². The smallest absolute Gasteiger partial charge is 0.262 e. The first kappa shape index (κ1) is 16.5. The fourth-order valence-corrected chi connectivity index (χ4v) is 4.41. The highest BCUT2D eigenvalue weighted by Crippen LogP contribution is 2.32. The van der Waals surface area contributed by atoms with Gasteiger partial charge in [-0.15, -0.1) is 0 Å². The van der Waals surface area contributed by atoms with E-state index in [4.69, 9.17) is 11.6 Å². The summed E-state index contributed by atoms with van der Waals surface area (Å²) in [4.78, 5) is 29.6. The zero-order chi connectivity index (χ0) is 16.6. The number of fused-ring (bicyclic) bond motifs is 1. The third kappa shape index (κ3) is 3.31. The highest BCUT2D eigenvalue weighted by atomic mass is 35.5. The van der Waals surface area contributed by atoms with Gasteiger partial charge in [0.05, 0.1) is 16.2 Å². The van der Waals surface area contributed by atoms with Crippen molar-refractivity contribution >= 4 is 40.0 Å². The predicted octanol–water partition coefficient (Wildman–Crippen LogP) is 4.23. The Bertz CT molecular complexity index is 816. The number of ketones is 1. The summed E-state index contributed by atoms with van der Waals surface area (Å²) < 4.78 is 1.68. The van der Waals surface area contributed by atoms with E-state index < -0.39 is 0 Å². The topological polar surface area (TPSA) is 52.0 Å². The van der Waals surface area contributed by atoms with E-state index in [2.05, 4.69) is 4.98 Å². The average Bonchev–Trinajstić information content (AvgIpc) is 2.49. The van der Waals surface area contributed by atoms with Crippen LogP contribution in [0.1, 0.15) is 45.6 Å². The van der Waals surface area contributed by atoms with Gasteiger partial charge in [0.1, 0.15) is 5.78 Å². The fraction of sp³-hybridized carbons (Fsp3) is 0.471. The molecular weight excluding hydrogens is 332 g/mol. The van der Waals surface area contributed by atoms with Crippen LogP contribution in [0.15, 0.2) is 28.2 Å². The number of benzene rings is 1. The van der Waals surface area contributed by atoms with Gasteiger partial charge in [-0.2, -0.15) is 0 Å². The Balaban J connectivity index is 2.12. The molecule has 0 saturated heterocycles. The van der Waals surface area contributed by atoms with Crippen LogP contribution < -0.4 is 5.56 Å². The van der Waals surface area contributed by atoms with Gasteiger partial charge in [0.2, 0.25) is 0 Å². The number of Topliss-reactive ketones (excluding diaryl/α,β-unsaturated/α-hetero) is 1. The quantitative estimate of drug-likeness (QED) is 0.777. The Hall–Kier alpha value is -1.33. The minimum atomic E-state index is -0.0997. The first-order valence-corrected chi connectivity index (χ1v) is 9.14. The van der Waals surface area contributed by atoms with E-state index in [9.17, 15) is 9.59 Å². The molecule has 2 aromatic rings. The molecule has 0 bridgehead atoms. The molecule has 1 atom stereocenters. The van der Waals surface area contributed by atoms with Crippen molar-refractivity contribution < 1.29 is 4.79 Å². The largest absolute Gasteiger partial charge is 0.298 e. The highest BCUT2D eigenvalue weighted by molar-refractivity contribution is 8.00. The number of aromatic nitrogens is 2. The van der Waals surface area contributed by atoms with Gasteiger partial charge in [-0.05, 0) is 44.9 Å². The minimum absolute atomic E-state index is 0.0173. The van der Waals surface area contributed by atoms with Crippen LogP contribution in [0.2, 0.25) is 5.02 Å². The number of hydrogen-bond acceptors (Lipinski definition) is 4. The van der Waals surface area contributed by atoms with Crippen LogP contribution in [-0.2, 0) is 4.79 Å². The molecule has 0 aliphatic heterocycles. The molecule has 0 radical (unpaired) electrons. The van der Waals surface area contributed by atoms with Crippen LogP contribution in [0, 0.1) is 0 Å². The molecule has 1 fully saturated rings. The minimum Gasteiger partial charge on any atom is -0.298 e. The highest BCUT2D eigenvalue weighted by Gasteiger charge is 2.26. The summed E-state index contributed by atoms with van der Waals surface area (Å²) >= 11 is 7.45. The van der Waals surface area contributed by atoms with Crippen molar-refractivity contribution in [2.24, 2.45) is 0 Å². The van der Waals surface area contributed by atoms with Gasteiger partial charge >= 0.3 is 0 Å². The molecule has 0 N–H and O–H groups in total. The molecule has 4 nitrogen and oxygen atoms in total. The maximum Gasteiger partial charge on any atom is 0.262 e. The Kier molecular flexibility index (Phi) is 4.78. The molecule has 1 saturated carbocycles. The second kappa shape index (κ2) is 6.65. The van der Waals surface area contributed by atoms with Crippen LogP contribution in [0.5, 0.6) is 0 Å². The lowest BCUT2D eigenvalue weighted by atomic mass is 9.99. The predicted molar refractivity (Wildman–Crippen MR) is 94.5 cm³/mol. The number of carbonyl (C=O) groups excluding carboxylic acids is 1. The molecule has 1 aromatic carbocycles. The van der Waals surface area contributed by atoms with Crippen LogP contribution >= 0.6 is 23.4 Å². The maximum absolute atomic E-state index is 12.8. The van der Waals surface area contributed by atoms with Crippen molar-refractivity contribution in [2.45, 2.75) is 56.0 Å². The molecule has 23 heavy (non-hydrogen) atoms. The number of thioether (sulfide) groups is 1. The van der Waals surface area contributed by atoms with E-state index in [-0.39, 0.29) is 22.6 Å². The van der Waals surface area contributed by atoms with Crippen molar-refractivity contribution in [1.82, 2.24) is 9.55 Å². The second-order valence-corrected chi connectivity index (χ2v) is 7.75. The summed E-state index contributed by atoms with van der Waals surface area (Å²) in [6.45, 7) is 3.91. The first-order chi connectivity index (χ1) is 11.0. The lowest BCUT2D eigenvalue weighted by Crippen LogP contribution is -2.28. The van der Waals surface area contributed by atoms with Gasteiger partial charge in [-0.25, -0.2) is 4.98 Å². The monoisotopic (exact) mass is 350 g/mol. The van der Waals surface area contributed by atoms with Crippen molar-refractivity contribution in [3.05, 3.63) is 33.6 Å². The van der Waals surface area contributed by atoms with Gasteiger partial charge in [-0.3, -0.25) is 14.2 Å². The van der Waals surface area contributed by atoms with Gasteiger partial charge in [0, 0.05) is 17.5 Å². The van der Waals surface area contributed by atoms with Crippen LogP contribution in [0.4, 0.5) is 0 Å². The third-order valence-electron chi connectivity index (χ3n) is 4.09. The standard InChI is InChI=1S/C17H19ClN2O2S/c1-10(2)20-16(22)12-8-7-11(18)9-13(12)19-17(20)23-15-6-4-3-5-14(15)21/h7-10,15H,3-6H2,1-2H3/t15-/m1/s1. The molecule has 0 spiro atoms. The van der Waals surface area contributed by atoms with E-state index in [1.165, 1.54) is 11.8 Å². The maximum atomic E-state index is 12.8. The summed E-state index contributed by atoms with van der Waals surface area (Å²) in [5, 5.41) is 1.62. The average molecular weight is 351 g/mol. The molecule has 0 amide bonds. The molecule has 6 heteroatoms. The molecule has 0 unspecified atom stereocenters. The van der Waals surface area contributed by atoms with Crippen molar-refractivity contribution in [2.75, 3.05) is 0 Å². The normalized spacial score (nSPS) is 18.8. The molecule has 3 rings (SSSR count). The van der Waals surface area contributed by atoms with Gasteiger partial charge in [-0.1, -0.05) is 29.8 Å². The summed E-state index contributed by atoms with van der Waals surface area (Å²) in [7, 11) is 0. The number of halogens is 1. The third-order valence-corrected chi connectivity index (χ3v) is 5.61. The van der Waals surface area contributed by atoms with Crippen LogP contribution in [0.25, 0.3) is 10.9 Å². The van der Waals surface area contributed by atoms with E-state index in [0.29, 0.717) is 27.5 Å². The molecular formula is C17H19ClN2O2S. The Morgan fingerprint density at radius 1 is 1.30 bits per heavy atom. The number of carbonyl (C=O) groups is 1. The summed E-state index contributed by atoms with van der Waals surface area (Å²) in [5.74, 6) is 0.261. The fourth-order valence-electron chi connectivity index (χ4n) is 2.89.